The van der Waals surface area contributed by atoms with Gasteiger partial charge in [0.2, 0.25) is 0 Å². The van der Waals surface area contributed by atoms with Gasteiger partial charge >= 0.3 is 0 Å². The fourth-order valence-corrected chi connectivity index (χ4v) is 3.52. The largest absolute Gasteiger partial charge is 0.383 e. The van der Waals surface area contributed by atoms with Crippen LogP contribution in [0.1, 0.15) is 32.3 Å². The van der Waals surface area contributed by atoms with Crippen molar-refractivity contribution in [2.45, 2.75) is 32.1 Å². The Morgan fingerprint density at radius 1 is 1.21 bits per heavy atom. The highest BCUT2D eigenvalue weighted by atomic mass is 19.1. The standard InChI is InChI=1S/C16H24FNO/c1-15(2)10-16(11-15,12-18-8-9-19-3)13-4-6-14(17)7-5-13/h4-7,18H,8-12H2,1-3H3. The summed E-state index contributed by atoms with van der Waals surface area (Å²) in [6.45, 7) is 7.11. The lowest BCUT2D eigenvalue weighted by molar-refractivity contribution is 0.0548. The fraction of sp³-hybridized carbons (Fsp3) is 0.625. The molecule has 0 aliphatic heterocycles. The van der Waals surface area contributed by atoms with E-state index in [9.17, 15) is 4.39 Å². The molecule has 0 amide bonds. The second kappa shape index (κ2) is 5.59. The Kier molecular flexibility index (Phi) is 4.26. The highest BCUT2D eigenvalue weighted by Gasteiger charge is 2.49. The van der Waals surface area contributed by atoms with Crippen molar-refractivity contribution >= 4 is 0 Å². The first-order valence-electron chi connectivity index (χ1n) is 6.93. The molecule has 0 aromatic heterocycles. The first-order chi connectivity index (χ1) is 8.97. The van der Waals surface area contributed by atoms with Gasteiger partial charge < -0.3 is 10.1 Å². The Balaban J connectivity index is 2.06. The summed E-state index contributed by atoms with van der Waals surface area (Å²) in [7, 11) is 1.71. The summed E-state index contributed by atoms with van der Waals surface area (Å²) in [4.78, 5) is 0. The number of nitrogens with one attached hydrogen (secondary N) is 1. The zero-order valence-corrected chi connectivity index (χ0v) is 12.1. The number of hydrogen-bond donors (Lipinski definition) is 1. The van der Waals surface area contributed by atoms with Crippen LogP contribution in [0.15, 0.2) is 24.3 Å². The van der Waals surface area contributed by atoms with Gasteiger partial charge in [0.25, 0.3) is 0 Å². The fourth-order valence-electron chi connectivity index (χ4n) is 3.52. The number of halogens is 1. The highest BCUT2D eigenvalue weighted by molar-refractivity contribution is 5.31. The van der Waals surface area contributed by atoms with E-state index >= 15 is 0 Å². The van der Waals surface area contributed by atoms with Crippen molar-refractivity contribution in [3.05, 3.63) is 35.6 Å². The van der Waals surface area contributed by atoms with Crippen molar-refractivity contribution in [3.63, 3.8) is 0 Å². The van der Waals surface area contributed by atoms with Gasteiger partial charge in [0.05, 0.1) is 6.61 Å². The van der Waals surface area contributed by atoms with Crippen LogP contribution in [0.5, 0.6) is 0 Å². The molecule has 0 bridgehead atoms. The first-order valence-corrected chi connectivity index (χ1v) is 6.93. The van der Waals surface area contributed by atoms with Crippen molar-refractivity contribution in [1.82, 2.24) is 5.32 Å². The van der Waals surface area contributed by atoms with Crippen LogP contribution in [0.4, 0.5) is 4.39 Å². The molecule has 0 saturated heterocycles. The molecule has 2 rings (SSSR count). The van der Waals surface area contributed by atoms with Gasteiger partial charge in [-0.05, 0) is 36.0 Å². The zero-order valence-electron chi connectivity index (χ0n) is 12.1. The summed E-state index contributed by atoms with van der Waals surface area (Å²) in [6, 6.07) is 7.00. The van der Waals surface area contributed by atoms with Crippen LogP contribution < -0.4 is 5.32 Å². The van der Waals surface area contributed by atoms with Crippen LogP contribution in [0.3, 0.4) is 0 Å². The monoisotopic (exact) mass is 265 g/mol. The summed E-state index contributed by atoms with van der Waals surface area (Å²) in [5.41, 5.74) is 1.79. The number of ether oxygens (including phenoxy) is 1. The first kappa shape index (κ1) is 14.5. The van der Waals surface area contributed by atoms with E-state index < -0.39 is 0 Å². The Hall–Kier alpha value is -0.930. The molecule has 0 heterocycles. The van der Waals surface area contributed by atoms with Crippen LogP contribution in [0, 0.1) is 11.2 Å². The highest BCUT2D eigenvalue weighted by Crippen LogP contribution is 2.54. The summed E-state index contributed by atoms with van der Waals surface area (Å²) >= 11 is 0. The molecule has 1 aromatic carbocycles. The summed E-state index contributed by atoms with van der Waals surface area (Å²) in [6.07, 6.45) is 2.29. The molecule has 106 valence electrons. The summed E-state index contributed by atoms with van der Waals surface area (Å²) in [5, 5.41) is 3.46. The maximum absolute atomic E-state index is 13.1. The predicted octanol–water partition coefficient (Wildman–Crippen LogP) is 3.12. The molecule has 0 atom stereocenters. The molecule has 1 N–H and O–H groups in total. The maximum atomic E-state index is 13.1. The minimum atomic E-state index is -0.162. The van der Waals surface area contributed by atoms with E-state index in [1.165, 1.54) is 5.56 Å². The van der Waals surface area contributed by atoms with E-state index in [0.717, 1.165) is 32.5 Å². The van der Waals surface area contributed by atoms with Crippen LogP contribution >= 0.6 is 0 Å². The van der Waals surface area contributed by atoms with E-state index in [1.54, 1.807) is 19.2 Å². The van der Waals surface area contributed by atoms with E-state index in [1.807, 2.05) is 12.1 Å². The van der Waals surface area contributed by atoms with Crippen molar-refractivity contribution in [2.75, 3.05) is 26.8 Å². The van der Waals surface area contributed by atoms with Crippen LogP contribution in [0.2, 0.25) is 0 Å². The Bertz CT molecular complexity index is 405. The average molecular weight is 265 g/mol. The minimum absolute atomic E-state index is 0.158. The molecule has 19 heavy (non-hydrogen) atoms. The smallest absolute Gasteiger partial charge is 0.123 e. The van der Waals surface area contributed by atoms with Gasteiger partial charge in [-0.3, -0.25) is 0 Å². The Morgan fingerprint density at radius 3 is 2.37 bits per heavy atom. The van der Waals surface area contributed by atoms with Crippen molar-refractivity contribution < 1.29 is 9.13 Å². The average Bonchev–Trinajstić information content (AvgIpc) is 2.33. The lowest BCUT2D eigenvalue weighted by Gasteiger charge is -2.54. The molecule has 0 unspecified atom stereocenters. The molecule has 3 heteroatoms. The summed E-state index contributed by atoms with van der Waals surface area (Å²) in [5.74, 6) is -0.162. The predicted molar refractivity (Wildman–Crippen MR) is 75.8 cm³/mol. The molecule has 0 radical (unpaired) electrons. The topological polar surface area (TPSA) is 21.3 Å². The molecule has 1 fully saturated rings. The van der Waals surface area contributed by atoms with Gasteiger partial charge in [-0.25, -0.2) is 4.39 Å². The van der Waals surface area contributed by atoms with Crippen molar-refractivity contribution in [2.24, 2.45) is 5.41 Å². The van der Waals surface area contributed by atoms with Gasteiger partial charge in [0, 0.05) is 25.6 Å². The third-order valence-electron chi connectivity index (χ3n) is 4.04. The number of methoxy groups -OCH3 is 1. The molecular formula is C16H24FNO. The van der Waals surface area contributed by atoms with Crippen molar-refractivity contribution in [1.29, 1.82) is 0 Å². The lowest BCUT2D eigenvalue weighted by atomic mass is 9.52. The molecule has 2 nitrogen and oxygen atoms in total. The van der Waals surface area contributed by atoms with Crippen LogP contribution in [-0.2, 0) is 10.2 Å². The van der Waals surface area contributed by atoms with E-state index in [4.69, 9.17) is 4.74 Å². The van der Waals surface area contributed by atoms with Gasteiger partial charge in [0.1, 0.15) is 5.82 Å². The molecule has 1 aliphatic carbocycles. The maximum Gasteiger partial charge on any atom is 0.123 e. The van der Waals surface area contributed by atoms with Crippen LogP contribution in [-0.4, -0.2) is 26.8 Å². The van der Waals surface area contributed by atoms with Crippen molar-refractivity contribution in [3.8, 4) is 0 Å². The second-order valence-electron chi connectivity index (χ2n) is 6.47. The molecule has 0 spiro atoms. The number of benzene rings is 1. The van der Waals surface area contributed by atoms with Crippen LogP contribution in [0.25, 0.3) is 0 Å². The zero-order chi connectivity index (χ0) is 13.9. The third-order valence-corrected chi connectivity index (χ3v) is 4.04. The molecule has 1 aliphatic rings. The SMILES string of the molecule is COCCNCC1(c2ccc(F)cc2)CC(C)(C)C1. The number of rotatable bonds is 6. The Morgan fingerprint density at radius 2 is 1.84 bits per heavy atom. The van der Waals surface area contributed by atoms with Gasteiger partial charge in [-0.2, -0.15) is 0 Å². The molecule has 1 saturated carbocycles. The Labute approximate surface area is 115 Å². The van der Waals surface area contributed by atoms with E-state index in [0.29, 0.717) is 5.41 Å². The van der Waals surface area contributed by atoms with Gasteiger partial charge in [-0.1, -0.05) is 26.0 Å². The molecule has 1 aromatic rings. The molecular weight excluding hydrogens is 241 g/mol. The summed E-state index contributed by atoms with van der Waals surface area (Å²) < 4.78 is 18.1. The second-order valence-corrected chi connectivity index (χ2v) is 6.47. The minimum Gasteiger partial charge on any atom is -0.383 e. The van der Waals surface area contributed by atoms with E-state index in [2.05, 4.69) is 19.2 Å². The normalized spacial score (nSPS) is 20.0. The van der Waals surface area contributed by atoms with E-state index in [-0.39, 0.29) is 11.2 Å². The quantitative estimate of drug-likeness (QED) is 0.798. The lowest BCUT2D eigenvalue weighted by Crippen LogP contribution is -2.52. The van der Waals surface area contributed by atoms with Gasteiger partial charge in [-0.15, -0.1) is 0 Å². The number of hydrogen-bond acceptors (Lipinski definition) is 2. The third kappa shape index (κ3) is 3.34. The van der Waals surface area contributed by atoms with Gasteiger partial charge in [0.15, 0.2) is 0 Å².